The molecule has 130 valence electrons. The summed E-state index contributed by atoms with van der Waals surface area (Å²) in [4.78, 5) is 39.4. The smallest absolute Gasteiger partial charge is 0.409 e. The minimum atomic E-state index is -0.619. The first-order valence-corrected chi connectivity index (χ1v) is 8.09. The Balaban J connectivity index is 1.84. The van der Waals surface area contributed by atoms with Crippen LogP contribution in [0.4, 0.5) is 4.79 Å². The lowest BCUT2D eigenvalue weighted by Crippen LogP contribution is -2.55. The highest BCUT2D eigenvalue weighted by Crippen LogP contribution is 2.07. The van der Waals surface area contributed by atoms with Crippen LogP contribution in [0.15, 0.2) is 30.3 Å². The van der Waals surface area contributed by atoms with Gasteiger partial charge in [-0.2, -0.15) is 0 Å². The molecule has 0 spiro atoms. The standard InChI is InChI=1S/C17H23N3O4/c1-3-24-17(23)20-11-9-19(10-12-20)16(22)13(2)18-15(21)14-7-5-4-6-8-14/h4-8,13H,3,9-12H2,1-2H3,(H,18,21)/t13-/m1/s1. The summed E-state index contributed by atoms with van der Waals surface area (Å²) in [5.74, 6) is -0.426. The van der Waals surface area contributed by atoms with Crippen LogP contribution in [0.1, 0.15) is 24.2 Å². The van der Waals surface area contributed by atoms with Crippen molar-refractivity contribution in [3.8, 4) is 0 Å². The topological polar surface area (TPSA) is 79.0 Å². The van der Waals surface area contributed by atoms with Gasteiger partial charge >= 0.3 is 6.09 Å². The third-order valence-corrected chi connectivity index (χ3v) is 3.87. The van der Waals surface area contributed by atoms with Crippen LogP contribution >= 0.6 is 0 Å². The lowest BCUT2D eigenvalue weighted by molar-refractivity contribution is -0.134. The Morgan fingerprint density at radius 1 is 1.08 bits per heavy atom. The molecular formula is C17H23N3O4. The first kappa shape index (κ1) is 17.8. The molecule has 1 heterocycles. The number of amides is 3. The number of piperazine rings is 1. The van der Waals surface area contributed by atoms with Gasteiger partial charge in [0.05, 0.1) is 6.61 Å². The summed E-state index contributed by atoms with van der Waals surface area (Å²) >= 11 is 0. The molecule has 0 aliphatic carbocycles. The maximum Gasteiger partial charge on any atom is 0.409 e. The van der Waals surface area contributed by atoms with Crippen molar-refractivity contribution in [1.29, 1.82) is 0 Å². The van der Waals surface area contributed by atoms with Gasteiger partial charge < -0.3 is 19.9 Å². The second kappa shape index (κ2) is 8.33. The maximum absolute atomic E-state index is 12.4. The van der Waals surface area contributed by atoms with E-state index in [1.165, 1.54) is 0 Å². The van der Waals surface area contributed by atoms with E-state index >= 15 is 0 Å². The molecule has 1 aliphatic rings. The summed E-state index contributed by atoms with van der Waals surface area (Å²) < 4.78 is 4.95. The Kier molecular flexibility index (Phi) is 6.17. The summed E-state index contributed by atoms with van der Waals surface area (Å²) in [7, 11) is 0. The molecule has 7 heteroatoms. The summed E-state index contributed by atoms with van der Waals surface area (Å²) in [6, 6.07) is 8.15. The second-order valence-corrected chi connectivity index (χ2v) is 5.57. The normalized spacial score (nSPS) is 15.6. The van der Waals surface area contributed by atoms with Gasteiger partial charge in [-0.1, -0.05) is 18.2 Å². The second-order valence-electron chi connectivity index (χ2n) is 5.57. The number of hydrogen-bond donors (Lipinski definition) is 1. The molecule has 1 N–H and O–H groups in total. The predicted octanol–water partition coefficient (Wildman–Crippen LogP) is 1.11. The number of hydrogen-bond acceptors (Lipinski definition) is 4. The van der Waals surface area contributed by atoms with Gasteiger partial charge in [0.1, 0.15) is 6.04 Å². The Bertz CT molecular complexity index is 583. The van der Waals surface area contributed by atoms with Crippen molar-refractivity contribution in [1.82, 2.24) is 15.1 Å². The highest BCUT2D eigenvalue weighted by atomic mass is 16.6. The number of rotatable bonds is 4. The lowest BCUT2D eigenvalue weighted by atomic mass is 10.2. The van der Waals surface area contributed by atoms with Gasteiger partial charge in [-0.25, -0.2) is 4.79 Å². The maximum atomic E-state index is 12.4. The highest BCUT2D eigenvalue weighted by molar-refractivity contribution is 5.97. The molecule has 2 rings (SSSR count). The van der Waals surface area contributed by atoms with Crippen LogP contribution in [-0.4, -0.2) is 66.5 Å². The molecule has 3 amide bonds. The number of nitrogens with one attached hydrogen (secondary N) is 1. The first-order valence-electron chi connectivity index (χ1n) is 8.09. The molecule has 1 atom stereocenters. The zero-order chi connectivity index (χ0) is 17.5. The number of carbonyl (C=O) groups excluding carboxylic acids is 3. The monoisotopic (exact) mass is 333 g/mol. The third kappa shape index (κ3) is 4.47. The van der Waals surface area contributed by atoms with Crippen molar-refractivity contribution in [3.63, 3.8) is 0 Å². The van der Waals surface area contributed by atoms with Crippen molar-refractivity contribution in [2.75, 3.05) is 32.8 Å². The Morgan fingerprint density at radius 3 is 2.25 bits per heavy atom. The quantitative estimate of drug-likeness (QED) is 0.895. The van der Waals surface area contributed by atoms with Crippen LogP contribution in [0, 0.1) is 0 Å². The molecule has 1 aromatic carbocycles. The number of ether oxygens (including phenoxy) is 1. The first-order chi connectivity index (χ1) is 11.5. The molecule has 7 nitrogen and oxygen atoms in total. The summed E-state index contributed by atoms with van der Waals surface area (Å²) in [5.41, 5.74) is 0.518. The van der Waals surface area contributed by atoms with Gasteiger partial charge in [0.2, 0.25) is 5.91 Å². The zero-order valence-electron chi connectivity index (χ0n) is 14.0. The van der Waals surface area contributed by atoms with Crippen LogP contribution in [0.5, 0.6) is 0 Å². The van der Waals surface area contributed by atoms with Gasteiger partial charge in [0.15, 0.2) is 0 Å². The highest BCUT2D eigenvalue weighted by Gasteiger charge is 2.28. The van der Waals surface area contributed by atoms with E-state index < -0.39 is 6.04 Å². The molecule has 24 heavy (non-hydrogen) atoms. The predicted molar refractivity (Wildman–Crippen MR) is 88.5 cm³/mol. The van der Waals surface area contributed by atoms with Crippen molar-refractivity contribution < 1.29 is 19.1 Å². The van der Waals surface area contributed by atoms with E-state index in [2.05, 4.69) is 5.32 Å². The Labute approximate surface area is 141 Å². The minimum absolute atomic E-state index is 0.150. The molecule has 0 unspecified atom stereocenters. The van der Waals surface area contributed by atoms with Crippen molar-refractivity contribution in [2.24, 2.45) is 0 Å². The fourth-order valence-electron chi connectivity index (χ4n) is 2.53. The van der Waals surface area contributed by atoms with E-state index in [4.69, 9.17) is 4.74 Å². The van der Waals surface area contributed by atoms with Gasteiger partial charge in [0.25, 0.3) is 5.91 Å². The summed E-state index contributed by atoms with van der Waals surface area (Å²) in [6.07, 6.45) is -0.352. The molecule has 1 saturated heterocycles. The average molecular weight is 333 g/mol. The molecule has 0 radical (unpaired) electrons. The van der Waals surface area contributed by atoms with E-state index in [0.717, 1.165) is 0 Å². The van der Waals surface area contributed by atoms with Gasteiger partial charge in [-0.3, -0.25) is 9.59 Å². The van der Waals surface area contributed by atoms with E-state index in [1.807, 2.05) is 6.07 Å². The van der Waals surface area contributed by atoms with Crippen molar-refractivity contribution in [2.45, 2.75) is 19.9 Å². The third-order valence-electron chi connectivity index (χ3n) is 3.87. The molecule has 1 aromatic rings. The van der Waals surface area contributed by atoms with Crippen LogP contribution < -0.4 is 5.32 Å². The van der Waals surface area contributed by atoms with Crippen molar-refractivity contribution in [3.05, 3.63) is 35.9 Å². The lowest BCUT2D eigenvalue weighted by Gasteiger charge is -2.35. The zero-order valence-corrected chi connectivity index (χ0v) is 14.0. The Hall–Kier alpha value is -2.57. The van der Waals surface area contributed by atoms with Gasteiger partial charge in [-0.15, -0.1) is 0 Å². The van der Waals surface area contributed by atoms with Crippen molar-refractivity contribution >= 4 is 17.9 Å². The van der Waals surface area contributed by atoms with Gasteiger partial charge in [0, 0.05) is 31.7 Å². The molecule has 0 saturated carbocycles. The Morgan fingerprint density at radius 2 is 1.67 bits per heavy atom. The number of carbonyl (C=O) groups is 3. The van der Waals surface area contributed by atoms with Crippen LogP contribution in [0.2, 0.25) is 0 Å². The fraction of sp³-hybridized carbons (Fsp3) is 0.471. The van der Waals surface area contributed by atoms with Crippen LogP contribution in [-0.2, 0) is 9.53 Å². The van der Waals surface area contributed by atoms with Gasteiger partial charge in [-0.05, 0) is 26.0 Å². The average Bonchev–Trinajstić information content (AvgIpc) is 2.62. The molecule has 1 aliphatic heterocycles. The molecular weight excluding hydrogens is 310 g/mol. The number of benzene rings is 1. The molecule has 1 fully saturated rings. The molecule has 0 bridgehead atoms. The van der Waals surface area contributed by atoms with E-state index in [0.29, 0.717) is 38.3 Å². The summed E-state index contributed by atoms with van der Waals surface area (Å²) in [5, 5.41) is 2.71. The minimum Gasteiger partial charge on any atom is -0.450 e. The largest absolute Gasteiger partial charge is 0.450 e. The van der Waals surface area contributed by atoms with Crippen LogP contribution in [0.3, 0.4) is 0 Å². The van der Waals surface area contributed by atoms with E-state index in [-0.39, 0.29) is 17.9 Å². The van der Waals surface area contributed by atoms with E-state index in [1.54, 1.807) is 47.9 Å². The van der Waals surface area contributed by atoms with E-state index in [9.17, 15) is 14.4 Å². The number of nitrogens with zero attached hydrogens (tertiary/aromatic N) is 2. The summed E-state index contributed by atoms with van der Waals surface area (Å²) in [6.45, 7) is 5.50. The fourth-order valence-corrected chi connectivity index (χ4v) is 2.53. The SMILES string of the molecule is CCOC(=O)N1CCN(C(=O)[C@@H](C)NC(=O)c2ccccc2)CC1. The molecule has 0 aromatic heterocycles. The van der Waals surface area contributed by atoms with Crippen LogP contribution in [0.25, 0.3) is 0 Å².